The van der Waals surface area contributed by atoms with Gasteiger partial charge in [-0.25, -0.2) is 9.78 Å². The van der Waals surface area contributed by atoms with Crippen molar-refractivity contribution < 1.29 is 4.79 Å². The molecule has 3 aromatic rings. The number of fused-ring (bicyclic) bond motifs is 1. The average Bonchev–Trinajstić information content (AvgIpc) is 3.18. The molecule has 2 N–H and O–H groups in total. The molecule has 0 radical (unpaired) electrons. The van der Waals surface area contributed by atoms with E-state index in [0.29, 0.717) is 23.9 Å². The summed E-state index contributed by atoms with van der Waals surface area (Å²) in [6, 6.07) is 5.51. The van der Waals surface area contributed by atoms with Crippen LogP contribution in [0.25, 0.3) is 11.0 Å². The van der Waals surface area contributed by atoms with Crippen molar-refractivity contribution in [1.82, 2.24) is 24.3 Å². The molecule has 0 spiro atoms. The highest BCUT2D eigenvalue weighted by Gasteiger charge is 2.12. The first-order valence-electron chi connectivity index (χ1n) is 7.65. The fraction of sp³-hybridized carbons (Fsp3) is 0.333. The number of anilines is 1. The molecule has 126 valence electrons. The van der Waals surface area contributed by atoms with E-state index < -0.39 is 0 Å². The maximum Gasteiger partial charge on any atom is 0.329 e. The zero-order valence-electron chi connectivity index (χ0n) is 13.4. The summed E-state index contributed by atoms with van der Waals surface area (Å²) >= 11 is 1.28. The molecular weight excluding hydrogens is 328 g/mol. The molecule has 2 heterocycles. The van der Waals surface area contributed by atoms with Gasteiger partial charge in [-0.1, -0.05) is 11.8 Å². The topological polar surface area (TPSA) is 97.6 Å². The van der Waals surface area contributed by atoms with E-state index in [9.17, 15) is 9.59 Å². The summed E-state index contributed by atoms with van der Waals surface area (Å²) in [7, 11) is 0. The molecule has 1 aromatic carbocycles. The second kappa shape index (κ2) is 6.91. The number of thioether (sulfide) groups is 1. The van der Waals surface area contributed by atoms with Gasteiger partial charge in [-0.15, -0.1) is 0 Å². The van der Waals surface area contributed by atoms with Gasteiger partial charge >= 0.3 is 5.69 Å². The number of amides is 1. The van der Waals surface area contributed by atoms with Crippen LogP contribution in [0.4, 0.5) is 5.69 Å². The highest BCUT2D eigenvalue weighted by Crippen LogP contribution is 2.19. The van der Waals surface area contributed by atoms with Gasteiger partial charge in [0.15, 0.2) is 5.16 Å². The molecule has 2 aromatic heterocycles. The number of carbonyl (C=O) groups excluding carboxylic acids is 1. The summed E-state index contributed by atoms with van der Waals surface area (Å²) in [6.07, 6.45) is 1.40. The van der Waals surface area contributed by atoms with Gasteiger partial charge in [0, 0.05) is 18.8 Å². The lowest BCUT2D eigenvalue weighted by molar-refractivity contribution is -0.113. The lowest BCUT2D eigenvalue weighted by Crippen LogP contribution is -2.23. The third kappa shape index (κ3) is 3.07. The first kappa shape index (κ1) is 16.3. The van der Waals surface area contributed by atoms with Crippen molar-refractivity contribution in [3.8, 4) is 0 Å². The molecule has 0 unspecified atom stereocenters. The molecule has 24 heavy (non-hydrogen) atoms. The van der Waals surface area contributed by atoms with Gasteiger partial charge < -0.3 is 5.32 Å². The van der Waals surface area contributed by atoms with Gasteiger partial charge in [-0.2, -0.15) is 5.10 Å². The van der Waals surface area contributed by atoms with Crippen molar-refractivity contribution >= 4 is 34.4 Å². The van der Waals surface area contributed by atoms with Gasteiger partial charge in [0.1, 0.15) is 6.33 Å². The minimum atomic E-state index is -0.143. The van der Waals surface area contributed by atoms with E-state index in [2.05, 4.69) is 20.5 Å². The molecule has 0 aliphatic rings. The third-order valence-corrected chi connectivity index (χ3v) is 4.54. The monoisotopic (exact) mass is 346 g/mol. The Morgan fingerprint density at radius 2 is 2.00 bits per heavy atom. The van der Waals surface area contributed by atoms with Crippen LogP contribution >= 0.6 is 11.8 Å². The smallest absolute Gasteiger partial charge is 0.325 e. The fourth-order valence-electron chi connectivity index (χ4n) is 2.60. The molecule has 9 heteroatoms. The Hall–Kier alpha value is -2.55. The second-order valence-electron chi connectivity index (χ2n) is 5.10. The largest absolute Gasteiger partial charge is 0.329 e. The number of aromatic amines is 1. The number of nitrogens with zero attached hydrogens (tertiary/aromatic N) is 4. The van der Waals surface area contributed by atoms with Gasteiger partial charge in [-0.05, 0) is 32.0 Å². The van der Waals surface area contributed by atoms with Crippen LogP contribution in [-0.2, 0) is 17.9 Å². The van der Waals surface area contributed by atoms with Crippen molar-refractivity contribution in [2.45, 2.75) is 32.1 Å². The zero-order chi connectivity index (χ0) is 17.1. The SMILES string of the molecule is CCn1c(=O)n(CC)c2cc(NC(=O)CSc3ncn[nH]3)ccc21. The van der Waals surface area contributed by atoms with Crippen molar-refractivity contribution in [2.24, 2.45) is 0 Å². The Kier molecular flexibility index (Phi) is 4.70. The Balaban J connectivity index is 1.80. The van der Waals surface area contributed by atoms with Crippen LogP contribution in [-0.4, -0.2) is 36.0 Å². The van der Waals surface area contributed by atoms with E-state index in [4.69, 9.17) is 0 Å². The summed E-state index contributed by atoms with van der Waals surface area (Å²) in [5.41, 5.74) is 2.34. The minimum absolute atomic E-state index is 0.0284. The summed E-state index contributed by atoms with van der Waals surface area (Å²) in [6.45, 7) is 5.07. The number of rotatable bonds is 6. The zero-order valence-corrected chi connectivity index (χ0v) is 14.3. The molecule has 8 nitrogen and oxygen atoms in total. The van der Waals surface area contributed by atoms with Gasteiger partial charge in [0.25, 0.3) is 0 Å². The Morgan fingerprint density at radius 3 is 2.67 bits per heavy atom. The van der Waals surface area contributed by atoms with E-state index >= 15 is 0 Å². The molecule has 1 amide bonds. The molecule has 0 aliphatic carbocycles. The first-order valence-corrected chi connectivity index (χ1v) is 8.63. The van der Waals surface area contributed by atoms with E-state index in [1.165, 1.54) is 18.1 Å². The second-order valence-corrected chi connectivity index (χ2v) is 6.07. The normalized spacial score (nSPS) is 11.1. The van der Waals surface area contributed by atoms with E-state index in [1.807, 2.05) is 32.0 Å². The molecule has 0 saturated carbocycles. The van der Waals surface area contributed by atoms with E-state index in [0.717, 1.165) is 11.0 Å². The molecule has 0 saturated heterocycles. The van der Waals surface area contributed by atoms with Crippen LogP contribution in [0.5, 0.6) is 0 Å². The van der Waals surface area contributed by atoms with Crippen LogP contribution in [0.1, 0.15) is 13.8 Å². The quantitative estimate of drug-likeness (QED) is 0.662. The molecule has 0 fully saturated rings. The van der Waals surface area contributed by atoms with Crippen LogP contribution in [0.3, 0.4) is 0 Å². The van der Waals surface area contributed by atoms with Crippen LogP contribution in [0.15, 0.2) is 34.5 Å². The summed E-state index contributed by atoms with van der Waals surface area (Å²) in [5.74, 6) is 0.0834. The predicted molar refractivity (Wildman–Crippen MR) is 93.3 cm³/mol. The Morgan fingerprint density at radius 1 is 1.25 bits per heavy atom. The Bertz CT molecular complexity index is 912. The first-order chi connectivity index (χ1) is 11.6. The number of hydrogen-bond donors (Lipinski definition) is 2. The molecule has 0 atom stereocenters. The lowest BCUT2D eigenvalue weighted by atomic mass is 10.2. The van der Waals surface area contributed by atoms with Crippen molar-refractivity contribution in [3.05, 3.63) is 35.0 Å². The maximum atomic E-state index is 12.3. The van der Waals surface area contributed by atoms with Crippen LogP contribution in [0.2, 0.25) is 0 Å². The lowest BCUT2D eigenvalue weighted by Gasteiger charge is -2.06. The highest BCUT2D eigenvalue weighted by atomic mass is 32.2. The number of aromatic nitrogens is 5. The number of imidazole rings is 1. The number of H-pyrrole nitrogens is 1. The highest BCUT2D eigenvalue weighted by molar-refractivity contribution is 7.99. The maximum absolute atomic E-state index is 12.3. The number of hydrogen-bond acceptors (Lipinski definition) is 5. The predicted octanol–water partition coefficient (Wildman–Crippen LogP) is 1.69. The van der Waals surface area contributed by atoms with Crippen molar-refractivity contribution in [2.75, 3.05) is 11.1 Å². The van der Waals surface area contributed by atoms with Crippen LogP contribution < -0.4 is 11.0 Å². The summed E-state index contributed by atoms with van der Waals surface area (Å²) < 4.78 is 3.43. The van der Waals surface area contributed by atoms with Crippen molar-refractivity contribution in [1.29, 1.82) is 0 Å². The standard InChI is InChI=1S/C15H18N6O2S/c1-3-20-11-6-5-10(7-12(11)21(4-2)15(20)23)18-13(22)8-24-14-16-9-17-19-14/h5-7,9H,3-4,8H2,1-2H3,(H,18,22)(H,16,17,19). The summed E-state index contributed by atoms with van der Waals surface area (Å²) in [4.78, 5) is 28.4. The fourth-order valence-corrected chi connectivity index (χ4v) is 3.18. The molecule has 0 bridgehead atoms. The number of carbonyl (C=O) groups is 1. The summed E-state index contributed by atoms with van der Waals surface area (Å²) in [5, 5.41) is 9.87. The van der Waals surface area contributed by atoms with Crippen LogP contribution in [0, 0.1) is 0 Å². The third-order valence-electron chi connectivity index (χ3n) is 3.67. The number of nitrogens with one attached hydrogen (secondary N) is 2. The number of benzene rings is 1. The van der Waals surface area contributed by atoms with E-state index in [1.54, 1.807) is 9.13 Å². The van der Waals surface area contributed by atoms with Gasteiger partial charge in [0.2, 0.25) is 5.91 Å². The minimum Gasteiger partial charge on any atom is -0.325 e. The van der Waals surface area contributed by atoms with Crippen molar-refractivity contribution in [3.63, 3.8) is 0 Å². The average molecular weight is 346 g/mol. The van der Waals surface area contributed by atoms with Gasteiger partial charge in [0.05, 0.1) is 16.8 Å². The molecular formula is C15H18N6O2S. The van der Waals surface area contributed by atoms with E-state index in [-0.39, 0.29) is 17.3 Å². The Labute approximate surface area is 142 Å². The van der Waals surface area contributed by atoms with Gasteiger partial charge in [-0.3, -0.25) is 19.0 Å². The molecule has 0 aliphatic heterocycles. The number of aryl methyl sites for hydroxylation is 2. The molecule has 3 rings (SSSR count).